The van der Waals surface area contributed by atoms with Crippen LogP contribution in [0.15, 0.2) is 23.0 Å². The van der Waals surface area contributed by atoms with Gasteiger partial charge in [-0.25, -0.2) is 4.79 Å². The predicted octanol–water partition coefficient (Wildman–Crippen LogP) is 0.347. The van der Waals surface area contributed by atoms with Gasteiger partial charge in [-0.2, -0.15) is 0 Å². The summed E-state index contributed by atoms with van der Waals surface area (Å²) >= 11 is 0. The van der Waals surface area contributed by atoms with Crippen LogP contribution in [0, 0.1) is 0 Å². The van der Waals surface area contributed by atoms with E-state index in [1.165, 1.54) is 0 Å². The number of imidazole rings is 1. The monoisotopic (exact) mass is 218 g/mol. The Hall–Kier alpha value is -1.59. The van der Waals surface area contributed by atoms with Crippen LogP contribution >= 0.6 is 0 Å². The lowest BCUT2D eigenvalue weighted by atomic mass is 9.98. The number of aromatic nitrogens is 2. The molecule has 1 heterocycles. The first-order valence-corrected chi connectivity index (χ1v) is 5.35. The molecule has 1 aliphatic rings. The van der Waals surface area contributed by atoms with Crippen molar-refractivity contribution in [3.8, 4) is 0 Å². The highest BCUT2D eigenvalue weighted by Crippen LogP contribution is 2.42. The Balaban J connectivity index is 2.07. The molecule has 5 nitrogen and oxygen atoms in total. The number of benzene rings is 1. The average Bonchev–Trinajstić information content (AvgIpc) is 2.89. The Kier molecular flexibility index (Phi) is 1.78. The Morgan fingerprint density at radius 1 is 1.25 bits per heavy atom. The van der Waals surface area contributed by atoms with Crippen LogP contribution in [0.1, 0.15) is 24.4 Å². The summed E-state index contributed by atoms with van der Waals surface area (Å²) in [4.78, 5) is 16.5. The SMILES string of the molecule is NC(c1ccc2[nH]c(=O)[nH]c2c1)C1(N)CC1. The molecule has 1 unspecified atom stereocenters. The molecule has 1 fully saturated rings. The molecule has 0 saturated heterocycles. The highest BCUT2D eigenvalue weighted by Gasteiger charge is 2.44. The van der Waals surface area contributed by atoms with Gasteiger partial charge in [0.25, 0.3) is 0 Å². The van der Waals surface area contributed by atoms with Crippen LogP contribution in [0.2, 0.25) is 0 Å². The fraction of sp³-hybridized carbons (Fsp3) is 0.364. The van der Waals surface area contributed by atoms with Gasteiger partial charge >= 0.3 is 5.69 Å². The van der Waals surface area contributed by atoms with Crippen molar-refractivity contribution >= 4 is 11.0 Å². The molecule has 1 aromatic heterocycles. The number of H-pyrrole nitrogens is 2. The second-order valence-electron chi connectivity index (χ2n) is 4.59. The number of rotatable bonds is 2. The predicted molar refractivity (Wildman–Crippen MR) is 62.0 cm³/mol. The second kappa shape index (κ2) is 2.96. The van der Waals surface area contributed by atoms with Crippen molar-refractivity contribution in [1.29, 1.82) is 0 Å². The molecule has 6 N–H and O–H groups in total. The van der Waals surface area contributed by atoms with Crippen molar-refractivity contribution in [1.82, 2.24) is 9.97 Å². The number of nitrogens with one attached hydrogen (secondary N) is 2. The Bertz CT molecular complexity index is 593. The van der Waals surface area contributed by atoms with Gasteiger partial charge in [-0.15, -0.1) is 0 Å². The summed E-state index contributed by atoms with van der Waals surface area (Å²) in [5, 5.41) is 0. The summed E-state index contributed by atoms with van der Waals surface area (Å²) < 4.78 is 0. The fourth-order valence-electron chi connectivity index (χ4n) is 2.03. The van der Waals surface area contributed by atoms with E-state index in [1.54, 1.807) is 0 Å². The zero-order valence-electron chi connectivity index (χ0n) is 8.79. The molecule has 0 spiro atoms. The minimum absolute atomic E-state index is 0.157. The molecule has 0 aliphatic heterocycles. The topological polar surface area (TPSA) is 101 Å². The molecule has 1 aromatic carbocycles. The van der Waals surface area contributed by atoms with Crippen LogP contribution < -0.4 is 17.2 Å². The third-order valence-corrected chi connectivity index (χ3v) is 3.35. The average molecular weight is 218 g/mol. The van der Waals surface area contributed by atoms with Crippen LogP contribution in [0.4, 0.5) is 0 Å². The van der Waals surface area contributed by atoms with Gasteiger partial charge in [-0.1, -0.05) is 6.07 Å². The molecule has 5 heteroatoms. The second-order valence-corrected chi connectivity index (χ2v) is 4.59. The molecule has 2 aromatic rings. The quantitative estimate of drug-likeness (QED) is 0.585. The van der Waals surface area contributed by atoms with Gasteiger partial charge in [0.1, 0.15) is 0 Å². The Morgan fingerprint density at radius 3 is 2.62 bits per heavy atom. The minimum Gasteiger partial charge on any atom is -0.323 e. The van der Waals surface area contributed by atoms with Crippen molar-refractivity contribution in [2.24, 2.45) is 11.5 Å². The van der Waals surface area contributed by atoms with E-state index < -0.39 is 0 Å². The van der Waals surface area contributed by atoms with Gasteiger partial charge in [0.2, 0.25) is 0 Å². The van der Waals surface area contributed by atoms with Crippen molar-refractivity contribution in [2.45, 2.75) is 24.4 Å². The summed E-state index contributed by atoms with van der Waals surface area (Å²) in [5.41, 5.74) is 14.3. The molecule has 3 rings (SSSR count). The van der Waals surface area contributed by atoms with Crippen LogP contribution in [0.3, 0.4) is 0 Å². The summed E-state index contributed by atoms with van der Waals surface area (Å²) in [7, 11) is 0. The van der Waals surface area contributed by atoms with Crippen LogP contribution in [-0.4, -0.2) is 15.5 Å². The van der Waals surface area contributed by atoms with Crippen molar-refractivity contribution in [2.75, 3.05) is 0 Å². The van der Waals surface area contributed by atoms with E-state index in [9.17, 15) is 4.79 Å². The van der Waals surface area contributed by atoms with E-state index >= 15 is 0 Å². The first kappa shape index (κ1) is 9.62. The first-order valence-electron chi connectivity index (χ1n) is 5.35. The molecule has 0 radical (unpaired) electrons. The molecule has 1 saturated carbocycles. The number of fused-ring (bicyclic) bond motifs is 1. The van der Waals surface area contributed by atoms with E-state index in [1.807, 2.05) is 18.2 Å². The number of aromatic amines is 2. The van der Waals surface area contributed by atoms with E-state index in [4.69, 9.17) is 11.5 Å². The van der Waals surface area contributed by atoms with Gasteiger partial charge in [0.05, 0.1) is 11.0 Å². The highest BCUT2D eigenvalue weighted by molar-refractivity contribution is 5.75. The maximum Gasteiger partial charge on any atom is 0.323 e. The molecular formula is C11H14N4O. The van der Waals surface area contributed by atoms with Crippen LogP contribution in [0.5, 0.6) is 0 Å². The summed E-state index contributed by atoms with van der Waals surface area (Å²) in [6, 6.07) is 5.51. The lowest BCUT2D eigenvalue weighted by Gasteiger charge is -2.18. The van der Waals surface area contributed by atoms with Gasteiger partial charge < -0.3 is 21.4 Å². The summed E-state index contributed by atoms with van der Waals surface area (Å²) in [6.07, 6.45) is 1.94. The first-order chi connectivity index (χ1) is 7.58. The maximum atomic E-state index is 11.1. The lowest BCUT2D eigenvalue weighted by Crippen LogP contribution is -2.36. The summed E-state index contributed by atoms with van der Waals surface area (Å²) in [5.74, 6) is 0. The molecule has 16 heavy (non-hydrogen) atoms. The molecule has 0 amide bonds. The largest absolute Gasteiger partial charge is 0.323 e. The fourth-order valence-corrected chi connectivity index (χ4v) is 2.03. The van der Waals surface area contributed by atoms with Crippen molar-refractivity contribution < 1.29 is 0 Å². The van der Waals surface area contributed by atoms with E-state index in [0.717, 1.165) is 29.4 Å². The number of nitrogens with two attached hydrogens (primary N) is 2. The summed E-state index contributed by atoms with van der Waals surface area (Å²) in [6.45, 7) is 0. The Labute approximate surface area is 91.8 Å². The molecular weight excluding hydrogens is 204 g/mol. The van der Waals surface area contributed by atoms with E-state index in [0.29, 0.717) is 0 Å². The lowest BCUT2D eigenvalue weighted by molar-refractivity contribution is 0.536. The van der Waals surface area contributed by atoms with Gasteiger partial charge in [0.15, 0.2) is 0 Å². The van der Waals surface area contributed by atoms with E-state index in [2.05, 4.69) is 9.97 Å². The molecule has 0 bridgehead atoms. The van der Waals surface area contributed by atoms with Crippen molar-refractivity contribution in [3.63, 3.8) is 0 Å². The highest BCUT2D eigenvalue weighted by atomic mass is 16.1. The third-order valence-electron chi connectivity index (χ3n) is 3.35. The zero-order chi connectivity index (χ0) is 11.3. The molecule has 1 aliphatic carbocycles. The van der Waals surface area contributed by atoms with Crippen molar-refractivity contribution in [3.05, 3.63) is 34.2 Å². The van der Waals surface area contributed by atoms with Crippen LogP contribution in [0.25, 0.3) is 11.0 Å². The Morgan fingerprint density at radius 2 is 1.94 bits per heavy atom. The van der Waals surface area contributed by atoms with Gasteiger partial charge in [-0.3, -0.25) is 0 Å². The van der Waals surface area contributed by atoms with E-state index in [-0.39, 0.29) is 17.3 Å². The van der Waals surface area contributed by atoms with Gasteiger partial charge in [-0.05, 0) is 30.5 Å². The standard InChI is InChI=1S/C11H14N4O/c12-9(11(13)3-4-11)6-1-2-7-8(5-6)15-10(16)14-7/h1-2,5,9H,3-4,12-13H2,(H2,14,15,16). The normalized spacial score (nSPS) is 19.9. The van der Waals surface area contributed by atoms with Crippen LogP contribution in [-0.2, 0) is 0 Å². The van der Waals surface area contributed by atoms with Gasteiger partial charge in [0, 0.05) is 11.6 Å². The third kappa shape index (κ3) is 1.36. The molecule has 1 atom stereocenters. The smallest absolute Gasteiger partial charge is 0.323 e. The molecule has 84 valence electrons. The minimum atomic E-state index is -0.246. The number of hydrogen-bond donors (Lipinski definition) is 4. The zero-order valence-corrected chi connectivity index (χ0v) is 8.79. The maximum absolute atomic E-state index is 11.1. The number of hydrogen-bond acceptors (Lipinski definition) is 3.